The average molecular weight is 443 g/mol. The van der Waals surface area contributed by atoms with Crippen LogP contribution in [0, 0.1) is 0 Å². The SMILES string of the molecule is CCOC(=O)C1CCC(C)N1C(=O)CNC(=O)c1ccc(Oc2ccccc2)cc1.CO. The largest absolute Gasteiger partial charge is 0.464 e. The minimum Gasteiger partial charge on any atom is -0.464 e. The van der Waals surface area contributed by atoms with E-state index in [-0.39, 0.29) is 31.0 Å². The number of nitrogens with zero attached hydrogens (tertiary/aromatic N) is 1. The van der Waals surface area contributed by atoms with Gasteiger partial charge in [-0.15, -0.1) is 0 Å². The fourth-order valence-electron chi connectivity index (χ4n) is 3.52. The third-order valence-corrected chi connectivity index (χ3v) is 5.01. The van der Waals surface area contributed by atoms with Gasteiger partial charge in [-0.05, 0) is 63.1 Å². The summed E-state index contributed by atoms with van der Waals surface area (Å²) in [6, 6.07) is 15.4. The molecule has 8 heteroatoms. The van der Waals surface area contributed by atoms with Crippen molar-refractivity contribution in [2.45, 2.75) is 38.8 Å². The molecule has 1 aliphatic heterocycles. The molecule has 0 saturated carbocycles. The molecule has 2 aromatic rings. The molecule has 2 atom stereocenters. The molecule has 1 fully saturated rings. The van der Waals surface area contributed by atoms with E-state index in [0.29, 0.717) is 23.5 Å². The van der Waals surface area contributed by atoms with E-state index in [9.17, 15) is 14.4 Å². The zero-order valence-electron chi connectivity index (χ0n) is 18.6. The van der Waals surface area contributed by atoms with Gasteiger partial charge in [0.15, 0.2) is 0 Å². The summed E-state index contributed by atoms with van der Waals surface area (Å²) in [6.07, 6.45) is 1.30. The lowest BCUT2D eigenvalue weighted by molar-refractivity contribution is -0.153. The maximum absolute atomic E-state index is 12.7. The smallest absolute Gasteiger partial charge is 0.328 e. The van der Waals surface area contributed by atoms with Crippen molar-refractivity contribution >= 4 is 17.8 Å². The number of likely N-dealkylation sites (tertiary alicyclic amines) is 1. The van der Waals surface area contributed by atoms with Crippen LogP contribution in [0.2, 0.25) is 0 Å². The maximum Gasteiger partial charge on any atom is 0.328 e. The summed E-state index contributed by atoms with van der Waals surface area (Å²) in [7, 11) is 1.00. The van der Waals surface area contributed by atoms with Gasteiger partial charge < -0.3 is 24.8 Å². The van der Waals surface area contributed by atoms with Crippen LogP contribution in [0.3, 0.4) is 0 Å². The Kier molecular flexibility index (Phi) is 9.69. The van der Waals surface area contributed by atoms with Gasteiger partial charge in [-0.3, -0.25) is 9.59 Å². The van der Waals surface area contributed by atoms with Crippen LogP contribution < -0.4 is 10.1 Å². The Morgan fingerprint density at radius 1 is 1.00 bits per heavy atom. The molecule has 2 amide bonds. The van der Waals surface area contributed by atoms with Gasteiger partial charge in [0.2, 0.25) is 5.91 Å². The van der Waals surface area contributed by atoms with Gasteiger partial charge in [0.25, 0.3) is 5.91 Å². The summed E-state index contributed by atoms with van der Waals surface area (Å²) in [4.78, 5) is 38.7. The van der Waals surface area contributed by atoms with Crippen LogP contribution in [0.1, 0.15) is 37.0 Å². The van der Waals surface area contributed by atoms with Gasteiger partial charge in [-0.1, -0.05) is 18.2 Å². The first-order valence-electron chi connectivity index (χ1n) is 10.5. The fraction of sp³-hybridized carbons (Fsp3) is 0.375. The molecule has 0 aliphatic carbocycles. The lowest BCUT2D eigenvalue weighted by Crippen LogP contribution is -2.48. The molecule has 8 nitrogen and oxygen atoms in total. The van der Waals surface area contributed by atoms with Crippen molar-refractivity contribution in [3.63, 3.8) is 0 Å². The first kappa shape index (κ1) is 24.9. The van der Waals surface area contributed by atoms with Crippen LogP contribution in [0.15, 0.2) is 54.6 Å². The first-order valence-corrected chi connectivity index (χ1v) is 10.5. The lowest BCUT2D eigenvalue weighted by atomic mass is 10.2. The molecule has 1 saturated heterocycles. The molecule has 2 aromatic carbocycles. The van der Waals surface area contributed by atoms with Crippen LogP contribution >= 0.6 is 0 Å². The number of rotatable bonds is 7. The number of aliphatic hydroxyl groups is 1. The molecule has 3 rings (SSSR count). The molecular weight excluding hydrogens is 412 g/mol. The van der Waals surface area contributed by atoms with Gasteiger partial charge in [0.05, 0.1) is 13.2 Å². The number of esters is 1. The first-order chi connectivity index (χ1) is 15.5. The fourth-order valence-corrected chi connectivity index (χ4v) is 3.52. The highest BCUT2D eigenvalue weighted by Gasteiger charge is 2.39. The molecule has 0 bridgehead atoms. The standard InChI is InChI=1S/C23H26N2O5.CH4O/c1-3-29-23(28)20-14-9-16(2)25(20)21(26)15-24-22(27)17-10-12-19(13-11-17)30-18-7-5-4-6-8-18;1-2/h4-8,10-13,16,20H,3,9,14-15H2,1-2H3,(H,24,27);2H,1H3. The second kappa shape index (κ2) is 12.5. The molecule has 1 heterocycles. The van der Waals surface area contributed by atoms with E-state index < -0.39 is 12.0 Å². The Hall–Kier alpha value is -3.39. The van der Waals surface area contributed by atoms with Crippen LogP contribution in [0.5, 0.6) is 11.5 Å². The minimum absolute atomic E-state index is 0.0711. The second-order valence-electron chi connectivity index (χ2n) is 7.12. The van der Waals surface area contributed by atoms with Gasteiger partial charge in [-0.25, -0.2) is 4.79 Å². The van der Waals surface area contributed by atoms with Crippen molar-refractivity contribution < 1.29 is 29.0 Å². The number of hydrogen-bond acceptors (Lipinski definition) is 6. The second-order valence-corrected chi connectivity index (χ2v) is 7.12. The van der Waals surface area contributed by atoms with Crippen molar-refractivity contribution in [2.24, 2.45) is 0 Å². The number of amides is 2. The Morgan fingerprint density at radius 3 is 2.25 bits per heavy atom. The quantitative estimate of drug-likeness (QED) is 0.639. The summed E-state index contributed by atoms with van der Waals surface area (Å²) in [5.74, 6) is 0.258. The summed E-state index contributed by atoms with van der Waals surface area (Å²) in [5, 5.41) is 9.63. The summed E-state index contributed by atoms with van der Waals surface area (Å²) in [5.41, 5.74) is 0.416. The van der Waals surface area contributed by atoms with Crippen molar-refractivity contribution in [3.05, 3.63) is 60.2 Å². The van der Waals surface area contributed by atoms with E-state index in [1.165, 1.54) is 4.90 Å². The van der Waals surface area contributed by atoms with Crippen LogP contribution in [-0.4, -0.2) is 60.1 Å². The number of nitrogens with one attached hydrogen (secondary N) is 1. The van der Waals surface area contributed by atoms with E-state index in [0.717, 1.165) is 13.5 Å². The van der Waals surface area contributed by atoms with E-state index in [2.05, 4.69) is 5.32 Å². The molecular formula is C24H30N2O6. The predicted molar refractivity (Wildman–Crippen MR) is 119 cm³/mol. The molecule has 2 N–H and O–H groups in total. The lowest BCUT2D eigenvalue weighted by Gasteiger charge is -2.27. The van der Waals surface area contributed by atoms with Crippen molar-refractivity contribution in [1.29, 1.82) is 0 Å². The van der Waals surface area contributed by atoms with Crippen molar-refractivity contribution in [2.75, 3.05) is 20.3 Å². The van der Waals surface area contributed by atoms with E-state index in [1.807, 2.05) is 37.3 Å². The Bertz CT molecular complexity index is 885. The molecule has 1 aliphatic rings. The zero-order chi connectivity index (χ0) is 23.5. The van der Waals surface area contributed by atoms with Crippen molar-refractivity contribution in [3.8, 4) is 11.5 Å². The molecule has 172 valence electrons. The van der Waals surface area contributed by atoms with Gasteiger partial charge >= 0.3 is 5.97 Å². The number of carbonyl (C=O) groups is 3. The third kappa shape index (κ3) is 6.55. The van der Waals surface area contributed by atoms with Gasteiger partial charge in [0, 0.05) is 18.7 Å². The zero-order valence-corrected chi connectivity index (χ0v) is 18.6. The normalized spacial score (nSPS) is 17.1. The van der Waals surface area contributed by atoms with Crippen LogP contribution in [0.25, 0.3) is 0 Å². The topological polar surface area (TPSA) is 105 Å². The van der Waals surface area contributed by atoms with E-state index >= 15 is 0 Å². The predicted octanol–water partition coefficient (Wildman–Crippen LogP) is 2.76. The maximum atomic E-state index is 12.7. The highest BCUT2D eigenvalue weighted by atomic mass is 16.5. The van der Waals surface area contributed by atoms with E-state index in [1.54, 1.807) is 31.2 Å². The molecule has 2 unspecified atom stereocenters. The number of hydrogen-bond donors (Lipinski definition) is 2. The van der Waals surface area contributed by atoms with Gasteiger partial charge in [0.1, 0.15) is 17.5 Å². The number of carbonyl (C=O) groups excluding carboxylic acids is 3. The molecule has 0 radical (unpaired) electrons. The Labute approximate surface area is 188 Å². The van der Waals surface area contributed by atoms with E-state index in [4.69, 9.17) is 14.6 Å². The summed E-state index contributed by atoms with van der Waals surface area (Å²) < 4.78 is 10.8. The summed E-state index contributed by atoms with van der Waals surface area (Å²) in [6.45, 7) is 3.72. The monoisotopic (exact) mass is 442 g/mol. The highest BCUT2D eigenvalue weighted by molar-refractivity contribution is 5.97. The average Bonchev–Trinajstić information content (AvgIpc) is 3.21. The Balaban J connectivity index is 0.00000176. The van der Waals surface area contributed by atoms with Crippen LogP contribution in [0.4, 0.5) is 0 Å². The Morgan fingerprint density at radius 2 is 1.62 bits per heavy atom. The minimum atomic E-state index is -0.584. The number of benzene rings is 2. The molecule has 0 spiro atoms. The summed E-state index contributed by atoms with van der Waals surface area (Å²) >= 11 is 0. The third-order valence-electron chi connectivity index (χ3n) is 5.01. The molecule has 0 aromatic heterocycles. The number of para-hydroxylation sites is 1. The number of aliphatic hydroxyl groups excluding tert-OH is 1. The number of ether oxygens (including phenoxy) is 2. The molecule has 32 heavy (non-hydrogen) atoms. The van der Waals surface area contributed by atoms with Crippen molar-refractivity contribution in [1.82, 2.24) is 10.2 Å². The van der Waals surface area contributed by atoms with Gasteiger partial charge in [-0.2, -0.15) is 0 Å². The highest BCUT2D eigenvalue weighted by Crippen LogP contribution is 2.25. The van der Waals surface area contributed by atoms with Crippen LogP contribution in [-0.2, 0) is 14.3 Å².